The van der Waals surface area contributed by atoms with Gasteiger partial charge in [-0.25, -0.2) is 13.1 Å². The predicted octanol–water partition coefficient (Wildman–Crippen LogP) is 8.36. The standard InChI is InChI=1S/C26H38FN3O3.C18H16FN5OS/c1-28-25(32)24(4-2-16-31)29-20-7-10-22(23(27)18-20)19-5-8-21(9-6-19)30-14-12-26(13-15-30)11-3-17-33-26;1-3-24(2)26-23-15-7-5-14(19)18(13(15)11-20)25-12-4-6-16-17(10-12)22-9-8-21-16/h7,10,16,18-19,21,24,29H,2-6,8-9,11-15,17H2,1H3,(H,28,32);4-10,23H,3H2,1-2H3. The Morgan fingerprint density at radius 3 is 2.49 bits per heavy atom. The maximum atomic E-state index is 15.0. The summed E-state index contributed by atoms with van der Waals surface area (Å²) in [6.07, 6.45) is 13.6. The Kier molecular flexibility index (Phi) is 15.5. The maximum absolute atomic E-state index is 15.0. The first kappa shape index (κ1) is 43.7. The van der Waals surface area contributed by atoms with Crippen LogP contribution in [0.2, 0.25) is 0 Å². The Balaban J connectivity index is 0.000000204. The lowest BCUT2D eigenvalue weighted by Gasteiger charge is -2.44. The zero-order valence-electron chi connectivity index (χ0n) is 34.0. The number of piperidine rings is 1. The van der Waals surface area contributed by atoms with Gasteiger partial charge in [-0.15, -0.1) is 0 Å². The van der Waals surface area contributed by atoms with E-state index in [1.54, 1.807) is 37.6 Å². The molecule has 7 rings (SSSR count). The van der Waals surface area contributed by atoms with Crippen LogP contribution in [0.4, 0.5) is 20.2 Å². The van der Waals surface area contributed by atoms with E-state index in [9.17, 15) is 19.2 Å². The molecule has 1 aliphatic carbocycles. The number of likely N-dealkylation sites (tertiary alicyclic amines) is 1. The molecule has 2 aliphatic heterocycles. The van der Waals surface area contributed by atoms with Gasteiger partial charge in [-0.3, -0.25) is 14.8 Å². The zero-order chi connectivity index (χ0) is 41.8. The van der Waals surface area contributed by atoms with Crippen LogP contribution >= 0.6 is 12.1 Å². The number of halogens is 2. The summed E-state index contributed by atoms with van der Waals surface area (Å²) in [7, 11) is 3.46. The number of nitrogens with zero attached hydrogens (tertiary/aromatic N) is 5. The molecule has 2 saturated heterocycles. The first-order chi connectivity index (χ1) is 28.6. The molecule has 3 heterocycles. The molecule has 3 fully saturated rings. The lowest BCUT2D eigenvalue weighted by atomic mass is 9.79. The SMILES string of the molecule is CCN(C)SNc1ccc(F)c(Oc2ccc3nccnc3c2)c1C#N.CNC(=O)C(CCC=O)Nc1ccc(C2CCC(N3CCC4(CCCO4)CC3)CC2)c(F)c1. The van der Waals surface area contributed by atoms with E-state index in [-0.39, 0.29) is 41.0 Å². The lowest BCUT2D eigenvalue weighted by Crippen LogP contribution is -2.48. The third-order valence-electron chi connectivity index (χ3n) is 11.7. The van der Waals surface area contributed by atoms with Crippen LogP contribution < -0.4 is 20.1 Å². The molecule has 1 aromatic heterocycles. The van der Waals surface area contributed by atoms with Crippen molar-refractivity contribution in [2.75, 3.05) is 50.4 Å². The van der Waals surface area contributed by atoms with Crippen molar-refractivity contribution in [3.63, 3.8) is 0 Å². The summed E-state index contributed by atoms with van der Waals surface area (Å²) < 4.78 is 46.1. The summed E-state index contributed by atoms with van der Waals surface area (Å²) in [5.41, 5.74) is 3.42. The van der Waals surface area contributed by atoms with Crippen molar-refractivity contribution in [2.45, 2.75) is 94.7 Å². The van der Waals surface area contributed by atoms with Crippen molar-refractivity contribution < 1.29 is 27.8 Å². The summed E-state index contributed by atoms with van der Waals surface area (Å²) in [5, 5.41) is 15.2. The molecule has 314 valence electrons. The number of ether oxygens (including phenoxy) is 2. The second-order valence-corrected chi connectivity index (χ2v) is 16.3. The fourth-order valence-electron chi connectivity index (χ4n) is 8.19. The number of amides is 1. The molecule has 3 N–H and O–H groups in total. The van der Waals surface area contributed by atoms with E-state index in [4.69, 9.17) is 9.47 Å². The Hall–Kier alpha value is -4.88. The van der Waals surface area contributed by atoms with Crippen molar-refractivity contribution in [3.8, 4) is 17.6 Å². The monoisotopic (exact) mass is 828 g/mol. The first-order valence-corrected chi connectivity index (χ1v) is 21.3. The van der Waals surface area contributed by atoms with Crippen molar-refractivity contribution in [1.82, 2.24) is 24.5 Å². The molecule has 3 aliphatic rings. The molecule has 0 bridgehead atoms. The molecular weight excluding hydrogens is 775 g/mol. The molecule has 0 radical (unpaired) electrons. The van der Waals surface area contributed by atoms with Crippen LogP contribution in [0.25, 0.3) is 11.0 Å². The fourth-order valence-corrected chi connectivity index (χ4v) is 8.75. The molecule has 1 unspecified atom stereocenters. The number of carbonyl (C=O) groups excluding carboxylic acids is 2. The first-order valence-electron chi connectivity index (χ1n) is 20.5. The number of anilines is 2. The van der Waals surface area contributed by atoms with Crippen LogP contribution in [-0.4, -0.2) is 89.4 Å². The number of nitrogens with one attached hydrogen (secondary N) is 3. The minimum Gasteiger partial charge on any atom is -0.453 e. The van der Waals surface area contributed by atoms with Crippen molar-refractivity contribution in [3.05, 3.63) is 83.7 Å². The Bertz CT molecular complexity index is 2080. The molecular formula is C44H54F2N8O4S. The molecule has 1 spiro atoms. The number of aldehydes is 1. The fraction of sp³-hybridized carbons (Fsp3) is 0.477. The Morgan fingerprint density at radius 1 is 1.07 bits per heavy atom. The third-order valence-corrected chi connectivity index (χ3v) is 12.5. The third kappa shape index (κ3) is 11.2. The topological polar surface area (TPSA) is 145 Å². The van der Waals surface area contributed by atoms with E-state index >= 15 is 4.39 Å². The van der Waals surface area contributed by atoms with Crippen LogP contribution in [0, 0.1) is 23.0 Å². The highest BCUT2D eigenvalue weighted by molar-refractivity contribution is 7.98. The van der Waals surface area contributed by atoms with Crippen molar-refractivity contribution >= 4 is 46.7 Å². The van der Waals surface area contributed by atoms with E-state index < -0.39 is 11.9 Å². The summed E-state index contributed by atoms with van der Waals surface area (Å²) in [6, 6.07) is 15.1. The van der Waals surface area contributed by atoms with E-state index in [1.807, 2.05) is 36.5 Å². The Morgan fingerprint density at radius 2 is 1.83 bits per heavy atom. The molecule has 4 aromatic rings. The van der Waals surface area contributed by atoms with Gasteiger partial charge in [-0.05, 0) is 113 Å². The molecule has 12 nitrogen and oxygen atoms in total. The number of rotatable bonds is 14. The number of carbonyl (C=O) groups is 2. The average Bonchev–Trinajstić information content (AvgIpc) is 3.72. The molecule has 1 atom stereocenters. The number of likely N-dealkylation sites (N-methyl/N-ethyl adjacent to an activating group) is 1. The van der Waals surface area contributed by atoms with Gasteiger partial charge >= 0.3 is 0 Å². The smallest absolute Gasteiger partial charge is 0.242 e. The van der Waals surface area contributed by atoms with E-state index in [1.165, 1.54) is 43.2 Å². The molecule has 1 saturated carbocycles. The number of benzene rings is 3. The number of hydrogen-bond donors (Lipinski definition) is 3. The molecule has 3 aromatic carbocycles. The number of nitriles is 1. The van der Waals surface area contributed by atoms with Gasteiger partial charge in [-0.2, -0.15) is 5.26 Å². The van der Waals surface area contributed by atoms with Crippen LogP contribution in [0.1, 0.15) is 88.2 Å². The van der Waals surface area contributed by atoms with Crippen LogP contribution in [0.3, 0.4) is 0 Å². The molecule has 1 amide bonds. The van der Waals surface area contributed by atoms with Gasteiger partial charge < -0.3 is 34.5 Å². The van der Waals surface area contributed by atoms with Gasteiger partial charge in [0.15, 0.2) is 11.6 Å². The van der Waals surface area contributed by atoms with E-state index in [0.29, 0.717) is 40.6 Å². The van der Waals surface area contributed by atoms with Gasteiger partial charge in [-0.1, -0.05) is 13.0 Å². The van der Waals surface area contributed by atoms with Crippen molar-refractivity contribution in [2.24, 2.45) is 0 Å². The zero-order valence-corrected chi connectivity index (χ0v) is 34.8. The van der Waals surface area contributed by atoms with Crippen LogP contribution in [0.15, 0.2) is 60.9 Å². The highest BCUT2D eigenvalue weighted by Gasteiger charge is 2.40. The summed E-state index contributed by atoms with van der Waals surface area (Å²) in [4.78, 5) is 33.8. The van der Waals surface area contributed by atoms with E-state index in [2.05, 4.69) is 30.2 Å². The summed E-state index contributed by atoms with van der Waals surface area (Å²) in [6.45, 7) is 5.99. The van der Waals surface area contributed by atoms with Gasteiger partial charge in [0.2, 0.25) is 5.91 Å². The predicted molar refractivity (Wildman–Crippen MR) is 227 cm³/mol. The van der Waals surface area contributed by atoms with Gasteiger partial charge in [0, 0.05) is 82.0 Å². The minimum absolute atomic E-state index is 0.0984. The number of fused-ring (bicyclic) bond motifs is 1. The van der Waals surface area contributed by atoms with E-state index in [0.717, 1.165) is 76.6 Å². The number of aromatic nitrogens is 2. The second kappa shape index (κ2) is 20.9. The maximum Gasteiger partial charge on any atom is 0.242 e. The summed E-state index contributed by atoms with van der Waals surface area (Å²) >= 11 is 1.32. The molecule has 59 heavy (non-hydrogen) atoms. The quantitative estimate of drug-likeness (QED) is 0.0830. The largest absolute Gasteiger partial charge is 0.453 e. The highest BCUT2D eigenvalue weighted by Crippen LogP contribution is 2.41. The van der Waals surface area contributed by atoms with Crippen molar-refractivity contribution in [1.29, 1.82) is 5.26 Å². The lowest BCUT2D eigenvalue weighted by molar-refractivity contribution is -0.121. The van der Waals surface area contributed by atoms with Gasteiger partial charge in [0.1, 0.15) is 35.5 Å². The second-order valence-electron chi connectivity index (χ2n) is 15.3. The van der Waals surface area contributed by atoms with Crippen LogP contribution in [0.5, 0.6) is 11.5 Å². The normalized spacial score (nSPS) is 19.3. The average molecular weight is 829 g/mol. The highest BCUT2D eigenvalue weighted by atomic mass is 32.2. The number of hydrogen-bond acceptors (Lipinski definition) is 12. The summed E-state index contributed by atoms with van der Waals surface area (Å²) in [5.74, 6) is -0.533. The minimum atomic E-state index is -0.611. The van der Waals surface area contributed by atoms with Gasteiger partial charge in [0.25, 0.3) is 0 Å². The van der Waals surface area contributed by atoms with Crippen LogP contribution in [-0.2, 0) is 14.3 Å². The Labute approximate surface area is 349 Å². The van der Waals surface area contributed by atoms with Gasteiger partial charge in [0.05, 0.1) is 22.3 Å². The molecule has 15 heteroatoms.